The zero-order valence-electron chi connectivity index (χ0n) is 17.6. The summed E-state index contributed by atoms with van der Waals surface area (Å²) in [5.74, 6) is -1.21. The fourth-order valence-electron chi connectivity index (χ4n) is 3.61. The van der Waals surface area contributed by atoms with Crippen LogP contribution in [-0.4, -0.2) is 41.1 Å². The summed E-state index contributed by atoms with van der Waals surface area (Å²) in [5, 5.41) is 9.48. The number of hydrogen-bond donors (Lipinski definition) is 1. The molecule has 1 aromatic heterocycles. The van der Waals surface area contributed by atoms with Gasteiger partial charge in [-0.3, -0.25) is 9.59 Å². The van der Waals surface area contributed by atoms with Crippen LogP contribution in [0.2, 0.25) is 5.02 Å². The highest BCUT2D eigenvalue weighted by molar-refractivity contribution is 7.15. The Balaban J connectivity index is 2.00. The minimum absolute atomic E-state index is 0.0141. The van der Waals surface area contributed by atoms with Crippen LogP contribution in [0.4, 0.5) is 17.6 Å². The first-order chi connectivity index (χ1) is 16.7. The molecule has 0 aliphatic carbocycles. The minimum atomic E-state index is -2.82. The summed E-state index contributed by atoms with van der Waals surface area (Å²) in [6.07, 6.45) is -5.91. The molecule has 12 heteroatoms. The van der Waals surface area contributed by atoms with Crippen molar-refractivity contribution in [2.24, 2.45) is 0 Å². The topological polar surface area (TPSA) is 77.8 Å². The summed E-state index contributed by atoms with van der Waals surface area (Å²) in [6.45, 7) is -1.94. The van der Waals surface area contributed by atoms with E-state index in [9.17, 15) is 27.2 Å². The highest BCUT2D eigenvalue weighted by atomic mass is 35.5. The number of halogens is 5. The second-order valence-electron chi connectivity index (χ2n) is 7.36. The largest absolute Gasteiger partial charge is 0.486 e. The fraction of sp³-hybridized carbons (Fsp3) is 0.217. The molecule has 6 nitrogen and oxygen atoms in total. The second-order valence-corrected chi connectivity index (χ2v) is 8.72. The van der Waals surface area contributed by atoms with Crippen molar-refractivity contribution >= 4 is 50.0 Å². The molecule has 1 N–H and O–H groups in total. The Hall–Kier alpha value is -3.31. The Morgan fingerprint density at radius 2 is 1.60 bits per heavy atom. The third-order valence-electron chi connectivity index (χ3n) is 4.95. The molecule has 0 unspecified atom stereocenters. The van der Waals surface area contributed by atoms with Crippen LogP contribution >= 0.6 is 23.1 Å². The van der Waals surface area contributed by atoms with Crippen molar-refractivity contribution in [3.05, 3.63) is 63.4 Å². The number of benzene rings is 3. The van der Waals surface area contributed by atoms with Crippen LogP contribution in [0.15, 0.2) is 47.3 Å². The van der Waals surface area contributed by atoms with Crippen molar-refractivity contribution in [2.75, 3.05) is 13.2 Å². The van der Waals surface area contributed by atoms with Gasteiger partial charge in [0, 0.05) is 10.8 Å². The Labute approximate surface area is 204 Å². The molecule has 0 spiro atoms. The van der Waals surface area contributed by atoms with Crippen LogP contribution in [0, 0.1) is 0 Å². The zero-order valence-corrected chi connectivity index (χ0v) is 19.2. The van der Waals surface area contributed by atoms with E-state index < -0.39 is 37.6 Å². The van der Waals surface area contributed by atoms with E-state index in [1.165, 1.54) is 24.3 Å². The maximum absolute atomic E-state index is 13.5. The first kappa shape index (κ1) is 24.8. The number of ether oxygens (including phenoxy) is 2. The van der Waals surface area contributed by atoms with Gasteiger partial charge in [0.2, 0.25) is 0 Å². The van der Waals surface area contributed by atoms with E-state index >= 15 is 0 Å². The number of carboxylic acid groups (broad SMARTS) is 1. The molecule has 0 radical (unpaired) electrons. The van der Waals surface area contributed by atoms with Gasteiger partial charge in [0.25, 0.3) is 18.4 Å². The smallest absolute Gasteiger partial charge is 0.307 e. The van der Waals surface area contributed by atoms with Crippen LogP contribution in [0.5, 0.6) is 11.5 Å². The van der Waals surface area contributed by atoms with E-state index in [1.54, 1.807) is 18.2 Å². The third-order valence-corrected chi connectivity index (χ3v) is 6.37. The van der Waals surface area contributed by atoms with E-state index in [1.807, 2.05) is 0 Å². The van der Waals surface area contributed by atoms with Gasteiger partial charge in [-0.15, -0.1) is 0 Å². The summed E-state index contributed by atoms with van der Waals surface area (Å²) < 4.78 is 63.9. The van der Waals surface area contributed by atoms with E-state index in [4.69, 9.17) is 26.2 Å². The van der Waals surface area contributed by atoms with E-state index in [0.717, 1.165) is 15.5 Å². The number of carboxylic acids is 1. The number of rotatable bonds is 9. The number of nitrogens with zero attached hydrogens (tertiary/aromatic N) is 1. The van der Waals surface area contributed by atoms with Gasteiger partial charge in [0.1, 0.15) is 34.8 Å². The molecule has 4 aromatic rings. The minimum Gasteiger partial charge on any atom is -0.486 e. The number of fused-ring (bicyclic) bond motifs is 2. The number of aromatic nitrogens is 1. The summed E-state index contributed by atoms with van der Waals surface area (Å²) in [6, 6.07) is 10.6. The molecule has 0 saturated heterocycles. The van der Waals surface area contributed by atoms with Crippen molar-refractivity contribution < 1.29 is 36.9 Å². The lowest BCUT2D eigenvalue weighted by Gasteiger charge is -2.14. The normalized spacial score (nSPS) is 11.6. The van der Waals surface area contributed by atoms with Crippen molar-refractivity contribution in [2.45, 2.75) is 19.3 Å². The predicted molar refractivity (Wildman–Crippen MR) is 124 cm³/mol. The summed E-state index contributed by atoms with van der Waals surface area (Å²) in [4.78, 5) is 24.5. The molecule has 35 heavy (non-hydrogen) atoms. The van der Waals surface area contributed by atoms with E-state index in [2.05, 4.69) is 0 Å². The van der Waals surface area contributed by atoms with Gasteiger partial charge in [0.05, 0.1) is 17.1 Å². The van der Waals surface area contributed by atoms with Crippen molar-refractivity contribution in [1.82, 2.24) is 3.96 Å². The van der Waals surface area contributed by atoms with Gasteiger partial charge >= 0.3 is 5.97 Å². The lowest BCUT2D eigenvalue weighted by Crippen LogP contribution is -2.14. The Bertz CT molecular complexity index is 1470. The SMILES string of the molecule is O=C(O)Cc1ccc(-n2sc3c(OCC(F)F)c4ccccc4c(OCC(F)F)c3c2=O)c(Cl)c1. The van der Waals surface area contributed by atoms with E-state index in [-0.39, 0.29) is 44.1 Å². The average Bonchev–Trinajstić information content (AvgIpc) is 3.12. The molecule has 3 aromatic carbocycles. The monoisotopic (exact) mass is 529 g/mol. The average molecular weight is 530 g/mol. The lowest BCUT2D eigenvalue weighted by atomic mass is 10.1. The highest BCUT2D eigenvalue weighted by Gasteiger charge is 2.25. The maximum Gasteiger partial charge on any atom is 0.307 e. The summed E-state index contributed by atoms with van der Waals surface area (Å²) in [7, 11) is 0. The number of alkyl halides is 4. The van der Waals surface area contributed by atoms with Gasteiger partial charge in [-0.25, -0.2) is 21.5 Å². The van der Waals surface area contributed by atoms with E-state index in [0.29, 0.717) is 10.9 Å². The standard InChI is InChI=1S/C23H16ClF4NO5S/c24-14-7-11(8-18(30)31)5-6-15(14)29-23(32)19-20(33-9-16(25)26)12-3-1-2-4-13(12)21(22(19)35-29)34-10-17(27)28/h1-7,16-17H,8-10H2,(H,30,31). The van der Waals surface area contributed by atoms with Gasteiger partial charge in [-0.05, 0) is 29.2 Å². The molecule has 0 fully saturated rings. The predicted octanol–water partition coefficient (Wildman–Crippen LogP) is 5.77. The molecule has 4 rings (SSSR count). The third kappa shape index (κ3) is 5.06. The van der Waals surface area contributed by atoms with Crippen LogP contribution in [0.25, 0.3) is 26.5 Å². The molecule has 0 saturated carbocycles. The zero-order chi connectivity index (χ0) is 25.3. The van der Waals surface area contributed by atoms with Gasteiger partial charge in [-0.1, -0.05) is 41.9 Å². The van der Waals surface area contributed by atoms with Crippen LogP contribution in [-0.2, 0) is 11.2 Å². The molecule has 0 amide bonds. The first-order valence-electron chi connectivity index (χ1n) is 10.1. The fourth-order valence-corrected chi connectivity index (χ4v) is 5.09. The molecule has 0 aliphatic heterocycles. The van der Waals surface area contributed by atoms with Gasteiger partial charge < -0.3 is 14.6 Å². The summed E-state index contributed by atoms with van der Waals surface area (Å²) in [5.41, 5.74) is -0.0986. The molecule has 0 aliphatic rings. The molecule has 0 atom stereocenters. The quantitative estimate of drug-likeness (QED) is 0.278. The second kappa shape index (κ2) is 10.1. The number of aliphatic carboxylic acids is 1. The van der Waals surface area contributed by atoms with Gasteiger partial charge in [-0.2, -0.15) is 0 Å². The first-order valence-corrected chi connectivity index (χ1v) is 11.3. The summed E-state index contributed by atoms with van der Waals surface area (Å²) >= 11 is 7.15. The van der Waals surface area contributed by atoms with Crippen molar-refractivity contribution in [3.8, 4) is 17.2 Å². The molecule has 0 bridgehead atoms. The number of carbonyl (C=O) groups is 1. The Morgan fingerprint density at radius 3 is 2.17 bits per heavy atom. The van der Waals surface area contributed by atoms with Crippen LogP contribution in [0.3, 0.4) is 0 Å². The Morgan fingerprint density at radius 1 is 1.00 bits per heavy atom. The van der Waals surface area contributed by atoms with Crippen LogP contribution in [0.1, 0.15) is 5.56 Å². The van der Waals surface area contributed by atoms with Crippen LogP contribution < -0.4 is 15.0 Å². The van der Waals surface area contributed by atoms with Crippen molar-refractivity contribution in [1.29, 1.82) is 0 Å². The Kier molecular flexibility index (Phi) is 7.18. The molecular formula is C23H16ClF4NO5S. The van der Waals surface area contributed by atoms with Gasteiger partial charge in [0.15, 0.2) is 0 Å². The lowest BCUT2D eigenvalue weighted by molar-refractivity contribution is -0.136. The molecule has 184 valence electrons. The van der Waals surface area contributed by atoms with Crippen molar-refractivity contribution in [3.63, 3.8) is 0 Å². The maximum atomic E-state index is 13.5. The molecule has 1 heterocycles. The number of hydrogen-bond acceptors (Lipinski definition) is 5. The highest BCUT2D eigenvalue weighted by Crippen LogP contribution is 2.44. The molecular weight excluding hydrogens is 514 g/mol.